The molecule has 0 atom stereocenters. The van der Waals surface area contributed by atoms with Crippen LogP contribution in [0, 0.1) is 16.7 Å². The molecule has 0 aliphatic heterocycles. The first-order chi connectivity index (χ1) is 12.0. The zero-order chi connectivity index (χ0) is 18.3. The van der Waals surface area contributed by atoms with Gasteiger partial charge in [-0.05, 0) is 0 Å². The lowest BCUT2D eigenvalue weighted by Gasteiger charge is -2.22. The summed E-state index contributed by atoms with van der Waals surface area (Å²) in [6.45, 7) is 0. The van der Waals surface area contributed by atoms with Crippen LogP contribution in [0.1, 0.15) is 33.6 Å². The predicted molar refractivity (Wildman–Crippen MR) is 90.8 cm³/mol. The SMILES string of the molecule is COC(=O)C(C#N)(CC(=O)c1ccccc1)CC(=O)c1ccccc1. The van der Waals surface area contributed by atoms with Gasteiger partial charge in [-0.15, -0.1) is 0 Å². The number of rotatable bonds is 7. The molecule has 0 heterocycles. The number of Topliss-reactive ketones (excluding diaryl/α,β-unsaturated/α-hetero) is 2. The van der Waals surface area contributed by atoms with E-state index in [4.69, 9.17) is 4.74 Å². The molecule has 2 aromatic carbocycles. The van der Waals surface area contributed by atoms with E-state index in [2.05, 4.69) is 0 Å². The van der Waals surface area contributed by atoms with Crippen LogP contribution in [-0.2, 0) is 9.53 Å². The highest BCUT2D eigenvalue weighted by atomic mass is 16.5. The van der Waals surface area contributed by atoms with Crippen molar-refractivity contribution in [3.63, 3.8) is 0 Å². The van der Waals surface area contributed by atoms with Crippen molar-refractivity contribution in [2.45, 2.75) is 12.8 Å². The summed E-state index contributed by atoms with van der Waals surface area (Å²) in [6.07, 6.45) is -0.836. The molecule has 0 fully saturated rings. The lowest BCUT2D eigenvalue weighted by molar-refractivity contribution is -0.149. The average Bonchev–Trinajstić information content (AvgIpc) is 2.67. The van der Waals surface area contributed by atoms with Crippen molar-refractivity contribution in [2.75, 3.05) is 7.11 Å². The molecule has 2 rings (SSSR count). The Bertz CT molecular complexity index is 753. The standard InChI is InChI=1S/C20H17NO4/c1-25-19(24)20(14-21,12-17(22)15-8-4-2-5-9-15)13-18(23)16-10-6-3-7-11-16/h2-11H,12-13H2,1H3. The minimum Gasteiger partial charge on any atom is -0.468 e. The van der Waals surface area contributed by atoms with Gasteiger partial charge in [0.05, 0.1) is 13.2 Å². The zero-order valence-corrected chi connectivity index (χ0v) is 13.8. The van der Waals surface area contributed by atoms with Crippen molar-refractivity contribution in [1.82, 2.24) is 0 Å². The molecule has 5 heteroatoms. The van der Waals surface area contributed by atoms with Crippen LogP contribution in [0.2, 0.25) is 0 Å². The number of carbonyl (C=O) groups is 3. The van der Waals surface area contributed by atoms with Crippen LogP contribution < -0.4 is 0 Å². The van der Waals surface area contributed by atoms with Crippen LogP contribution in [0.25, 0.3) is 0 Å². The van der Waals surface area contributed by atoms with Crippen LogP contribution >= 0.6 is 0 Å². The summed E-state index contributed by atoms with van der Waals surface area (Å²) >= 11 is 0. The van der Waals surface area contributed by atoms with Crippen LogP contribution in [0.4, 0.5) is 0 Å². The van der Waals surface area contributed by atoms with Crippen LogP contribution in [0.5, 0.6) is 0 Å². The predicted octanol–water partition coefficient (Wildman–Crippen LogP) is 3.22. The molecule has 126 valence electrons. The van der Waals surface area contributed by atoms with Gasteiger partial charge < -0.3 is 4.74 Å². The van der Waals surface area contributed by atoms with Gasteiger partial charge in [-0.3, -0.25) is 14.4 Å². The van der Waals surface area contributed by atoms with E-state index in [-0.39, 0.29) is 0 Å². The molecule has 2 aromatic rings. The maximum atomic E-state index is 12.5. The summed E-state index contributed by atoms with van der Waals surface area (Å²) in [7, 11) is 1.13. The molecule has 0 radical (unpaired) electrons. The Labute approximate surface area is 145 Å². The van der Waals surface area contributed by atoms with E-state index in [9.17, 15) is 19.6 Å². The Morgan fingerprint density at radius 1 is 0.880 bits per heavy atom. The van der Waals surface area contributed by atoms with E-state index >= 15 is 0 Å². The number of carbonyl (C=O) groups excluding carboxylic acids is 3. The summed E-state index contributed by atoms with van der Waals surface area (Å²) in [5.74, 6) is -1.68. The molecule has 0 bridgehead atoms. The third-order valence-electron chi connectivity index (χ3n) is 3.91. The van der Waals surface area contributed by atoms with Gasteiger partial charge in [0.1, 0.15) is 0 Å². The van der Waals surface area contributed by atoms with Gasteiger partial charge in [0, 0.05) is 24.0 Å². The zero-order valence-electron chi connectivity index (χ0n) is 13.8. The van der Waals surface area contributed by atoms with Crippen LogP contribution in [0.3, 0.4) is 0 Å². The summed E-state index contributed by atoms with van der Waals surface area (Å²) in [4.78, 5) is 37.2. The first kappa shape index (κ1) is 18.1. The molecular formula is C20H17NO4. The third-order valence-corrected chi connectivity index (χ3v) is 3.91. The van der Waals surface area contributed by atoms with Crippen molar-refractivity contribution in [2.24, 2.45) is 5.41 Å². The minimum atomic E-state index is -1.85. The Kier molecular flexibility index (Phi) is 5.80. The smallest absolute Gasteiger partial charge is 0.327 e. The van der Waals surface area contributed by atoms with E-state index in [1.165, 1.54) is 0 Å². The minimum absolute atomic E-state index is 0.373. The Balaban J connectivity index is 2.31. The molecule has 0 aromatic heterocycles. The molecular weight excluding hydrogens is 318 g/mol. The Morgan fingerprint density at radius 3 is 1.60 bits per heavy atom. The molecule has 5 nitrogen and oxygen atoms in total. The highest BCUT2D eigenvalue weighted by Crippen LogP contribution is 2.31. The van der Waals surface area contributed by atoms with E-state index in [0.717, 1.165) is 7.11 Å². The molecule has 0 aliphatic rings. The van der Waals surface area contributed by atoms with E-state index < -0.39 is 35.8 Å². The molecule has 0 aliphatic carbocycles. The van der Waals surface area contributed by atoms with Crippen LogP contribution in [-0.4, -0.2) is 24.6 Å². The number of benzene rings is 2. The van der Waals surface area contributed by atoms with Gasteiger partial charge in [-0.1, -0.05) is 60.7 Å². The van der Waals surface area contributed by atoms with Crippen molar-refractivity contribution >= 4 is 17.5 Å². The molecule has 0 saturated heterocycles. The molecule has 0 amide bonds. The van der Waals surface area contributed by atoms with Gasteiger partial charge in [0.2, 0.25) is 0 Å². The highest BCUT2D eigenvalue weighted by molar-refractivity contribution is 6.04. The maximum Gasteiger partial charge on any atom is 0.327 e. The average molecular weight is 335 g/mol. The molecule has 0 unspecified atom stereocenters. The largest absolute Gasteiger partial charge is 0.468 e. The molecule has 0 spiro atoms. The lowest BCUT2D eigenvalue weighted by Crippen LogP contribution is -2.36. The van der Waals surface area contributed by atoms with E-state index in [1.54, 1.807) is 60.7 Å². The Morgan fingerprint density at radius 2 is 1.28 bits per heavy atom. The summed E-state index contributed by atoms with van der Waals surface area (Å²) < 4.78 is 4.71. The van der Waals surface area contributed by atoms with Gasteiger partial charge in [-0.25, -0.2) is 0 Å². The monoisotopic (exact) mass is 335 g/mol. The van der Waals surface area contributed by atoms with E-state index in [0.29, 0.717) is 11.1 Å². The molecule has 0 N–H and O–H groups in total. The lowest BCUT2D eigenvalue weighted by atomic mass is 9.77. The number of nitriles is 1. The maximum absolute atomic E-state index is 12.5. The number of nitrogens with zero attached hydrogens (tertiary/aromatic N) is 1. The van der Waals surface area contributed by atoms with Gasteiger partial charge in [0.15, 0.2) is 17.0 Å². The number of ether oxygens (including phenoxy) is 1. The normalized spacial score (nSPS) is 10.6. The Hall–Kier alpha value is -3.26. The third kappa shape index (κ3) is 4.18. The topological polar surface area (TPSA) is 84.2 Å². The number of methoxy groups -OCH3 is 1. The second-order valence-corrected chi connectivity index (χ2v) is 5.62. The van der Waals surface area contributed by atoms with E-state index in [1.807, 2.05) is 6.07 Å². The fourth-order valence-electron chi connectivity index (χ4n) is 2.53. The first-order valence-corrected chi connectivity index (χ1v) is 7.68. The summed E-state index contributed by atoms with van der Waals surface area (Å²) in [6, 6.07) is 18.5. The quantitative estimate of drug-likeness (QED) is 0.573. The van der Waals surface area contributed by atoms with Gasteiger partial charge in [-0.2, -0.15) is 5.26 Å². The van der Waals surface area contributed by atoms with Crippen molar-refractivity contribution in [3.05, 3.63) is 71.8 Å². The van der Waals surface area contributed by atoms with Gasteiger partial charge >= 0.3 is 5.97 Å². The molecule has 25 heavy (non-hydrogen) atoms. The number of hydrogen-bond donors (Lipinski definition) is 0. The number of ketones is 2. The van der Waals surface area contributed by atoms with Gasteiger partial charge in [0.25, 0.3) is 0 Å². The number of esters is 1. The highest BCUT2D eigenvalue weighted by Gasteiger charge is 2.44. The van der Waals surface area contributed by atoms with Crippen molar-refractivity contribution < 1.29 is 19.1 Å². The second kappa shape index (κ2) is 8.02. The number of hydrogen-bond acceptors (Lipinski definition) is 5. The van der Waals surface area contributed by atoms with Crippen molar-refractivity contribution in [1.29, 1.82) is 5.26 Å². The first-order valence-electron chi connectivity index (χ1n) is 7.68. The fourth-order valence-corrected chi connectivity index (χ4v) is 2.53. The molecule has 0 saturated carbocycles. The fraction of sp³-hybridized carbons (Fsp3) is 0.200. The van der Waals surface area contributed by atoms with Crippen LogP contribution in [0.15, 0.2) is 60.7 Å². The summed E-state index contributed by atoms with van der Waals surface area (Å²) in [5.41, 5.74) is -1.11. The van der Waals surface area contributed by atoms with Crippen molar-refractivity contribution in [3.8, 4) is 6.07 Å². The summed E-state index contributed by atoms with van der Waals surface area (Å²) in [5, 5.41) is 9.61. The second-order valence-electron chi connectivity index (χ2n) is 5.62.